The molecule has 1 fully saturated rings. The number of esters is 1. The smallest absolute Gasteiger partial charge is 0.336 e. The molecule has 0 radical (unpaired) electrons. The van der Waals surface area contributed by atoms with Gasteiger partial charge >= 0.3 is 5.97 Å². The number of benzene rings is 1. The molecule has 0 saturated carbocycles. The van der Waals surface area contributed by atoms with Crippen molar-refractivity contribution in [2.24, 2.45) is 0 Å². The molecule has 0 unspecified atom stereocenters. The van der Waals surface area contributed by atoms with E-state index in [0.29, 0.717) is 24.5 Å². The summed E-state index contributed by atoms with van der Waals surface area (Å²) in [6.45, 7) is 2.08. The Labute approximate surface area is 123 Å². The molecule has 1 saturated heterocycles. The minimum atomic E-state index is -0.897. The molecule has 1 aliphatic rings. The molecule has 2 rings (SSSR count). The zero-order valence-electron chi connectivity index (χ0n) is 12.1. The van der Waals surface area contributed by atoms with Crippen molar-refractivity contribution in [1.29, 1.82) is 0 Å². The number of carbonyl (C=O) groups is 2. The minimum Gasteiger partial charge on any atom is -0.495 e. The first-order chi connectivity index (χ1) is 10.1. The van der Waals surface area contributed by atoms with Gasteiger partial charge in [-0.15, -0.1) is 0 Å². The van der Waals surface area contributed by atoms with Gasteiger partial charge in [-0.2, -0.15) is 0 Å². The standard InChI is InChI=1S/C15H19NO5/c1-10(21-15(18)13-8-5-9-20-13)14(17)16-11-6-3-4-7-12(11)19-2/h3-4,6-7,10,13H,5,8-9H2,1-2H3,(H,16,17)/t10-,13-/m0/s1. The molecule has 6 heteroatoms. The molecule has 1 aromatic rings. The van der Waals surface area contributed by atoms with Gasteiger partial charge in [0.15, 0.2) is 12.2 Å². The van der Waals surface area contributed by atoms with Crippen LogP contribution in [0.2, 0.25) is 0 Å². The van der Waals surface area contributed by atoms with E-state index in [4.69, 9.17) is 14.2 Å². The first kappa shape index (κ1) is 15.3. The summed E-state index contributed by atoms with van der Waals surface area (Å²) in [5.74, 6) is -0.357. The third kappa shape index (κ3) is 3.95. The Hall–Kier alpha value is -2.08. The quantitative estimate of drug-likeness (QED) is 0.837. The topological polar surface area (TPSA) is 73.9 Å². The number of hydrogen-bond acceptors (Lipinski definition) is 5. The van der Waals surface area contributed by atoms with Crippen molar-refractivity contribution in [2.45, 2.75) is 32.0 Å². The number of amides is 1. The van der Waals surface area contributed by atoms with Crippen molar-refractivity contribution in [3.63, 3.8) is 0 Å². The molecule has 1 aliphatic heterocycles. The van der Waals surface area contributed by atoms with E-state index in [0.717, 1.165) is 6.42 Å². The van der Waals surface area contributed by atoms with Gasteiger partial charge in [-0.3, -0.25) is 4.79 Å². The molecule has 6 nitrogen and oxygen atoms in total. The predicted octanol–water partition coefficient (Wildman–Crippen LogP) is 1.74. The van der Waals surface area contributed by atoms with Crippen molar-refractivity contribution in [3.8, 4) is 5.75 Å². The second-order valence-electron chi connectivity index (χ2n) is 4.77. The maximum atomic E-state index is 12.0. The van der Waals surface area contributed by atoms with E-state index in [1.165, 1.54) is 14.0 Å². The van der Waals surface area contributed by atoms with E-state index in [9.17, 15) is 9.59 Å². The molecule has 0 aromatic heterocycles. The van der Waals surface area contributed by atoms with Crippen LogP contribution in [0.15, 0.2) is 24.3 Å². The zero-order chi connectivity index (χ0) is 15.2. The summed E-state index contributed by atoms with van der Waals surface area (Å²) in [5.41, 5.74) is 0.532. The largest absolute Gasteiger partial charge is 0.495 e. The molecule has 1 amide bonds. The highest BCUT2D eigenvalue weighted by Crippen LogP contribution is 2.23. The van der Waals surface area contributed by atoms with Crippen LogP contribution in [0.25, 0.3) is 0 Å². The predicted molar refractivity (Wildman–Crippen MR) is 76.2 cm³/mol. The molecule has 114 valence electrons. The van der Waals surface area contributed by atoms with E-state index in [1.54, 1.807) is 24.3 Å². The molecule has 2 atom stereocenters. The fourth-order valence-electron chi connectivity index (χ4n) is 2.05. The van der Waals surface area contributed by atoms with Crippen LogP contribution in [0.1, 0.15) is 19.8 Å². The average Bonchev–Trinajstić information content (AvgIpc) is 3.02. The molecule has 1 aromatic carbocycles. The number of hydrogen-bond donors (Lipinski definition) is 1. The summed E-state index contributed by atoms with van der Waals surface area (Å²) in [6.07, 6.45) is 0.0273. The zero-order valence-corrected chi connectivity index (χ0v) is 12.1. The first-order valence-corrected chi connectivity index (χ1v) is 6.88. The molecule has 0 spiro atoms. The summed E-state index contributed by atoms with van der Waals surface area (Å²) in [4.78, 5) is 23.8. The minimum absolute atomic E-state index is 0.411. The third-order valence-corrected chi connectivity index (χ3v) is 3.22. The monoisotopic (exact) mass is 293 g/mol. The normalized spacial score (nSPS) is 18.9. The second-order valence-corrected chi connectivity index (χ2v) is 4.77. The number of para-hydroxylation sites is 2. The number of anilines is 1. The van der Waals surface area contributed by atoms with Crippen LogP contribution < -0.4 is 10.1 Å². The number of ether oxygens (including phenoxy) is 3. The number of carbonyl (C=O) groups excluding carboxylic acids is 2. The van der Waals surface area contributed by atoms with Gasteiger partial charge in [0.1, 0.15) is 5.75 Å². The third-order valence-electron chi connectivity index (χ3n) is 3.22. The molecular weight excluding hydrogens is 274 g/mol. The van der Waals surface area contributed by atoms with Crippen LogP contribution in [-0.4, -0.2) is 37.8 Å². The molecule has 0 bridgehead atoms. The highest BCUT2D eigenvalue weighted by Gasteiger charge is 2.28. The van der Waals surface area contributed by atoms with Gasteiger partial charge in [0.05, 0.1) is 12.8 Å². The Morgan fingerprint density at radius 2 is 2.14 bits per heavy atom. The fraction of sp³-hybridized carbons (Fsp3) is 0.467. The molecule has 1 heterocycles. The summed E-state index contributed by atoms with van der Waals surface area (Å²) in [7, 11) is 1.52. The van der Waals surface area contributed by atoms with E-state index in [2.05, 4.69) is 5.32 Å². The maximum absolute atomic E-state index is 12.0. The van der Waals surface area contributed by atoms with Gasteiger partial charge in [0, 0.05) is 6.61 Å². The Bertz CT molecular complexity index is 511. The Kier molecular flexibility index (Phi) is 5.16. The van der Waals surface area contributed by atoms with E-state index in [-0.39, 0.29) is 0 Å². The van der Waals surface area contributed by atoms with Gasteiger partial charge in [0.2, 0.25) is 0 Å². The highest BCUT2D eigenvalue weighted by atomic mass is 16.6. The Morgan fingerprint density at radius 3 is 2.81 bits per heavy atom. The van der Waals surface area contributed by atoms with Crippen molar-refractivity contribution in [1.82, 2.24) is 0 Å². The van der Waals surface area contributed by atoms with Gasteiger partial charge in [-0.05, 0) is 31.9 Å². The van der Waals surface area contributed by atoms with E-state index in [1.807, 2.05) is 0 Å². The summed E-state index contributed by atoms with van der Waals surface area (Å²) in [6, 6.07) is 7.03. The van der Waals surface area contributed by atoms with Crippen molar-refractivity contribution in [3.05, 3.63) is 24.3 Å². The Balaban J connectivity index is 1.91. The lowest BCUT2D eigenvalue weighted by Gasteiger charge is -2.16. The lowest BCUT2D eigenvalue weighted by atomic mass is 10.2. The van der Waals surface area contributed by atoms with Crippen LogP contribution in [0.5, 0.6) is 5.75 Å². The van der Waals surface area contributed by atoms with Crippen molar-refractivity contribution in [2.75, 3.05) is 19.0 Å². The molecule has 21 heavy (non-hydrogen) atoms. The van der Waals surface area contributed by atoms with Crippen LogP contribution in [-0.2, 0) is 19.1 Å². The van der Waals surface area contributed by atoms with Crippen molar-refractivity contribution >= 4 is 17.6 Å². The summed E-state index contributed by atoms with van der Waals surface area (Å²) < 4.78 is 15.5. The summed E-state index contributed by atoms with van der Waals surface area (Å²) in [5, 5.41) is 2.68. The summed E-state index contributed by atoms with van der Waals surface area (Å²) >= 11 is 0. The average molecular weight is 293 g/mol. The number of nitrogens with one attached hydrogen (secondary N) is 1. The van der Waals surface area contributed by atoms with Crippen LogP contribution >= 0.6 is 0 Å². The molecule has 1 N–H and O–H groups in total. The number of methoxy groups -OCH3 is 1. The highest BCUT2D eigenvalue weighted by molar-refractivity contribution is 5.96. The molecular formula is C15H19NO5. The second kappa shape index (κ2) is 7.08. The lowest BCUT2D eigenvalue weighted by molar-refractivity contribution is -0.162. The first-order valence-electron chi connectivity index (χ1n) is 6.88. The van der Waals surface area contributed by atoms with Crippen LogP contribution in [0, 0.1) is 0 Å². The van der Waals surface area contributed by atoms with Gasteiger partial charge in [0.25, 0.3) is 5.91 Å². The maximum Gasteiger partial charge on any atom is 0.336 e. The van der Waals surface area contributed by atoms with Gasteiger partial charge in [-0.1, -0.05) is 12.1 Å². The van der Waals surface area contributed by atoms with Gasteiger partial charge < -0.3 is 19.5 Å². The number of rotatable bonds is 5. The SMILES string of the molecule is COc1ccccc1NC(=O)[C@H](C)OC(=O)[C@@H]1CCCO1. The van der Waals surface area contributed by atoms with Crippen LogP contribution in [0.3, 0.4) is 0 Å². The van der Waals surface area contributed by atoms with Gasteiger partial charge in [-0.25, -0.2) is 4.79 Å². The van der Waals surface area contributed by atoms with Crippen molar-refractivity contribution < 1.29 is 23.8 Å². The van der Waals surface area contributed by atoms with E-state index >= 15 is 0 Å². The fourth-order valence-corrected chi connectivity index (χ4v) is 2.05. The van der Waals surface area contributed by atoms with Crippen LogP contribution in [0.4, 0.5) is 5.69 Å². The Morgan fingerprint density at radius 1 is 1.38 bits per heavy atom. The van der Waals surface area contributed by atoms with E-state index < -0.39 is 24.1 Å². The molecule has 0 aliphatic carbocycles. The lowest BCUT2D eigenvalue weighted by Crippen LogP contribution is -2.34.